The lowest BCUT2D eigenvalue weighted by Crippen LogP contribution is -1.96. The number of nitrogens with zero attached hydrogens (tertiary/aromatic N) is 2. The first kappa shape index (κ1) is 11.1. The molecule has 16 heavy (non-hydrogen) atoms. The molecule has 0 radical (unpaired) electrons. The third kappa shape index (κ3) is 1.50. The molecule has 5 heteroatoms. The number of aryl methyl sites for hydroxylation is 1. The highest BCUT2D eigenvalue weighted by molar-refractivity contribution is 6.31. The van der Waals surface area contributed by atoms with Crippen molar-refractivity contribution in [1.29, 1.82) is 0 Å². The second-order valence-electron chi connectivity index (χ2n) is 3.55. The molecule has 84 valence electrons. The van der Waals surface area contributed by atoms with Gasteiger partial charge in [-0.2, -0.15) is 0 Å². The zero-order valence-corrected chi connectivity index (χ0v) is 9.68. The number of carbonyl (C=O) groups is 1. The standard InChI is InChI=1S/C11H10ClFN2O/c1-3-8(16)6-5-15(2)11-9(6)10(13)7(12)4-14-11/h4-5H,3H2,1-2H3. The fraction of sp³-hybridized carbons (Fsp3) is 0.273. The van der Waals surface area contributed by atoms with Gasteiger partial charge < -0.3 is 4.57 Å². The molecule has 0 aromatic carbocycles. The van der Waals surface area contributed by atoms with Crippen LogP contribution in [-0.4, -0.2) is 15.3 Å². The van der Waals surface area contributed by atoms with Gasteiger partial charge in [0.1, 0.15) is 5.65 Å². The first-order valence-electron chi connectivity index (χ1n) is 4.88. The van der Waals surface area contributed by atoms with Gasteiger partial charge in [0.2, 0.25) is 0 Å². The second kappa shape index (κ2) is 3.87. The summed E-state index contributed by atoms with van der Waals surface area (Å²) in [6.45, 7) is 1.73. The highest BCUT2D eigenvalue weighted by atomic mass is 35.5. The van der Waals surface area contributed by atoms with E-state index in [1.807, 2.05) is 0 Å². The van der Waals surface area contributed by atoms with E-state index in [4.69, 9.17) is 11.6 Å². The molecule has 3 nitrogen and oxygen atoms in total. The molecule has 2 aromatic rings. The summed E-state index contributed by atoms with van der Waals surface area (Å²) in [7, 11) is 1.72. The van der Waals surface area contributed by atoms with E-state index in [9.17, 15) is 9.18 Å². The third-order valence-electron chi connectivity index (χ3n) is 2.50. The number of ketones is 1. The maximum Gasteiger partial charge on any atom is 0.164 e. The highest BCUT2D eigenvalue weighted by Crippen LogP contribution is 2.27. The third-order valence-corrected chi connectivity index (χ3v) is 2.76. The predicted octanol–water partition coefficient (Wildman–Crippen LogP) is 2.96. The van der Waals surface area contributed by atoms with Gasteiger partial charge in [-0.15, -0.1) is 0 Å². The van der Waals surface area contributed by atoms with Crippen molar-refractivity contribution < 1.29 is 9.18 Å². The summed E-state index contributed by atoms with van der Waals surface area (Å²) in [5, 5.41) is 0.144. The Kier molecular flexibility index (Phi) is 2.68. The highest BCUT2D eigenvalue weighted by Gasteiger charge is 2.18. The van der Waals surface area contributed by atoms with Crippen LogP contribution in [0, 0.1) is 5.82 Å². The molecular formula is C11H10ClFN2O. The van der Waals surface area contributed by atoms with Crippen LogP contribution in [-0.2, 0) is 7.05 Å². The number of rotatable bonds is 2. The van der Waals surface area contributed by atoms with Crippen LogP contribution in [0.1, 0.15) is 23.7 Å². The maximum absolute atomic E-state index is 13.8. The van der Waals surface area contributed by atoms with Crippen molar-refractivity contribution in [1.82, 2.24) is 9.55 Å². The molecule has 0 unspecified atom stereocenters. The topological polar surface area (TPSA) is 34.9 Å². The average Bonchev–Trinajstić information content (AvgIpc) is 2.61. The van der Waals surface area contributed by atoms with Gasteiger partial charge in [0.15, 0.2) is 11.6 Å². The minimum atomic E-state index is -0.580. The molecular weight excluding hydrogens is 231 g/mol. The van der Waals surface area contributed by atoms with Crippen molar-refractivity contribution in [3.63, 3.8) is 0 Å². The van der Waals surface area contributed by atoms with Crippen molar-refractivity contribution in [2.45, 2.75) is 13.3 Å². The van der Waals surface area contributed by atoms with E-state index in [-0.39, 0.29) is 16.2 Å². The number of fused-ring (bicyclic) bond motifs is 1. The zero-order valence-electron chi connectivity index (χ0n) is 8.92. The van der Waals surface area contributed by atoms with E-state index in [0.717, 1.165) is 0 Å². The SMILES string of the molecule is CCC(=O)c1cn(C)c2ncc(Cl)c(F)c12. The van der Waals surface area contributed by atoms with E-state index in [1.165, 1.54) is 6.20 Å². The molecule has 0 bridgehead atoms. The average molecular weight is 241 g/mol. The number of hydrogen-bond donors (Lipinski definition) is 0. The number of hydrogen-bond acceptors (Lipinski definition) is 2. The smallest absolute Gasteiger partial charge is 0.164 e. The van der Waals surface area contributed by atoms with Crippen LogP contribution in [0.15, 0.2) is 12.4 Å². The van der Waals surface area contributed by atoms with Gasteiger partial charge >= 0.3 is 0 Å². The van der Waals surface area contributed by atoms with Crippen LogP contribution >= 0.6 is 11.6 Å². The van der Waals surface area contributed by atoms with E-state index in [0.29, 0.717) is 17.6 Å². The first-order valence-corrected chi connectivity index (χ1v) is 5.26. The molecule has 0 saturated heterocycles. The van der Waals surface area contributed by atoms with Crippen molar-refractivity contribution in [2.75, 3.05) is 0 Å². The Morgan fingerprint density at radius 3 is 2.94 bits per heavy atom. The van der Waals surface area contributed by atoms with Crippen molar-refractivity contribution in [3.05, 3.63) is 28.8 Å². The molecule has 0 fully saturated rings. The first-order chi connectivity index (χ1) is 7.56. The van der Waals surface area contributed by atoms with Crippen molar-refractivity contribution >= 4 is 28.4 Å². The molecule has 0 aliphatic rings. The Morgan fingerprint density at radius 1 is 1.62 bits per heavy atom. The summed E-state index contributed by atoms with van der Waals surface area (Å²) in [5.74, 6) is -0.697. The van der Waals surface area contributed by atoms with Gasteiger partial charge in [-0.25, -0.2) is 9.37 Å². The Bertz CT molecular complexity index is 577. The minimum absolute atomic E-state index is 0.0659. The molecule has 0 atom stereocenters. The fourth-order valence-electron chi connectivity index (χ4n) is 1.68. The van der Waals surface area contributed by atoms with Crippen molar-refractivity contribution in [2.24, 2.45) is 7.05 Å². The predicted molar refractivity (Wildman–Crippen MR) is 60.3 cm³/mol. The Hall–Kier alpha value is -1.42. The molecule has 0 N–H and O–H groups in total. The van der Waals surface area contributed by atoms with E-state index in [1.54, 1.807) is 24.7 Å². The van der Waals surface area contributed by atoms with Gasteiger partial charge in [0.25, 0.3) is 0 Å². The fourth-order valence-corrected chi connectivity index (χ4v) is 1.83. The van der Waals surface area contributed by atoms with Crippen LogP contribution in [0.4, 0.5) is 4.39 Å². The summed E-state index contributed by atoms with van der Waals surface area (Å²) >= 11 is 5.66. The van der Waals surface area contributed by atoms with Crippen molar-refractivity contribution in [3.8, 4) is 0 Å². The van der Waals surface area contributed by atoms with Gasteiger partial charge in [-0.05, 0) is 0 Å². The summed E-state index contributed by atoms with van der Waals surface area (Å²) < 4.78 is 15.5. The Labute approximate surface area is 96.8 Å². The van der Waals surface area contributed by atoms with Crippen LogP contribution in [0.5, 0.6) is 0 Å². The Balaban J connectivity index is 2.85. The number of halogens is 2. The van der Waals surface area contributed by atoms with Crippen LogP contribution < -0.4 is 0 Å². The monoisotopic (exact) mass is 240 g/mol. The lowest BCUT2D eigenvalue weighted by molar-refractivity contribution is 0.0989. The largest absolute Gasteiger partial charge is 0.335 e. The molecule has 2 rings (SSSR count). The Morgan fingerprint density at radius 2 is 2.31 bits per heavy atom. The molecule has 0 saturated carbocycles. The lowest BCUT2D eigenvalue weighted by atomic mass is 10.1. The lowest BCUT2D eigenvalue weighted by Gasteiger charge is -1.99. The van der Waals surface area contributed by atoms with Gasteiger partial charge in [-0.3, -0.25) is 4.79 Å². The zero-order chi connectivity index (χ0) is 11.9. The number of carbonyl (C=O) groups excluding carboxylic acids is 1. The molecule has 2 heterocycles. The molecule has 0 aliphatic heterocycles. The van der Waals surface area contributed by atoms with E-state index < -0.39 is 5.82 Å². The quantitative estimate of drug-likeness (QED) is 0.757. The van der Waals surface area contributed by atoms with Gasteiger partial charge in [-0.1, -0.05) is 18.5 Å². The number of pyridine rings is 1. The minimum Gasteiger partial charge on any atom is -0.335 e. The summed E-state index contributed by atoms with van der Waals surface area (Å²) in [6.07, 6.45) is 3.16. The number of aromatic nitrogens is 2. The normalized spacial score (nSPS) is 11.0. The van der Waals surface area contributed by atoms with Crippen LogP contribution in [0.2, 0.25) is 5.02 Å². The van der Waals surface area contributed by atoms with Crippen LogP contribution in [0.3, 0.4) is 0 Å². The summed E-state index contributed by atoms with van der Waals surface area (Å²) in [4.78, 5) is 15.7. The van der Waals surface area contributed by atoms with Gasteiger partial charge in [0.05, 0.1) is 16.6 Å². The summed E-state index contributed by atoms with van der Waals surface area (Å²) in [5.41, 5.74) is 0.770. The van der Waals surface area contributed by atoms with Gasteiger partial charge in [0, 0.05) is 25.2 Å². The van der Waals surface area contributed by atoms with Crippen LogP contribution in [0.25, 0.3) is 11.0 Å². The maximum atomic E-state index is 13.8. The molecule has 2 aromatic heterocycles. The number of Topliss-reactive ketones (excluding diaryl/α,β-unsaturated/α-hetero) is 1. The van der Waals surface area contributed by atoms with E-state index >= 15 is 0 Å². The second-order valence-corrected chi connectivity index (χ2v) is 3.96. The molecule has 0 aliphatic carbocycles. The van der Waals surface area contributed by atoms with E-state index in [2.05, 4.69) is 4.98 Å². The molecule has 0 spiro atoms. The summed E-state index contributed by atoms with van der Waals surface area (Å²) in [6, 6.07) is 0. The molecule has 0 amide bonds.